The molecule has 8 nitrogen and oxygen atoms in total. The lowest BCUT2D eigenvalue weighted by molar-refractivity contribution is -0.121. The van der Waals surface area contributed by atoms with Gasteiger partial charge in [-0.2, -0.15) is 13.2 Å². The first-order valence-electron chi connectivity index (χ1n) is 9.99. The Hall–Kier alpha value is -3.37. The first kappa shape index (κ1) is 19.6. The quantitative estimate of drug-likeness (QED) is 0.577. The largest absolute Gasteiger partial charge is 0.412 e. The minimum atomic E-state index is -4.30. The summed E-state index contributed by atoms with van der Waals surface area (Å²) in [4.78, 5) is 25.1. The molecule has 4 N–H and O–H groups in total. The Labute approximate surface area is 175 Å². The van der Waals surface area contributed by atoms with E-state index in [1.165, 1.54) is 6.08 Å². The van der Waals surface area contributed by atoms with Gasteiger partial charge in [-0.05, 0) is 49.8 Å². The Kier molecular flexibility index (Phi) is 4.49. The predicted molar refractivity (Wildman–Crippen MR) is 109 cm³/mol. The van der Waals surface area contributed by atoms with Gasteiger partial charge < -0.3 is 16.0 Å². The van der Waals surface area contributed by atoms with Crippen molar-refractivity contribution in [3.05, 3.63) is 41.1 Å². The molecule has 1 saturated carbocycles. The van der Waals surface area contributed by atoms with Crippen LogP contribution in [0.1, 0.15) is 31.2 Å². The molecule has 0 unspecified atom stereocenters. The average Bonchev–Trinajstić information content (AvgIpc) is 3.50. The number of amides is 1. The molecule has 1 amide bonds. The van der Waals surface area contributed by atoms with Gasteiger partial charge in [0.1, 0.15) is 18.3 Å². The molecule has 1 fully saturated rings. The zero-order chi connectivity index (χ0) is 21.6. The van der Waals surface area contributed by atoms with Gasteiger partial charge in [0.15, 0.2) is 0 Å². The first-order chi connectivity index (χ1) is 14.8. The summed E-state index contributed by atoms with van der Waals surface area (Å²) in [5.41, 5.74) is 0.864. The van der Waals surface area contributed by atoms with Crippen molar-refractivity contribution < 1.29 is 18.0 Å². The molecule has 0 saturated heterocycles. The van der Waals surface area contributed by atoms with E-state index >= 15 is 0 Å². The minimum absolute atomic E-state index is 0.0277. The van der Waals surface area contributed by atoms with Gasteiger partial charge in [-0.1, -0.05) is 12.1 Å². The summed E-state index contributed by atoms with van der Waals surface area (Å²) in [7, 11) is 0. The number of guanidine groups is 2. The maximum Gasteiger partial charge on any atom is 0.412 e. The summed E-state index contributed by atoms with van der Waals surface area (Å²) >= 11 is 0. The van der Waals surface area contributed by atoms with Crippen LogP contribution in [-0.2, 0) is 11.2 Å². The summed E-state index contributed by atoms with van der Waals surface area (Å²) in [5, 5.41) is 11.9. The lowest BCUT2D eigenvalue weighted by atomic mass is 9.92. The Morgan fingerprint density at radius 1 is 1.00 bits per heavy atom. The summed E-state index contributed by atoms with van der Waals surface area (Å²) in [6.07, 6.45) is 0.888. The maximum atomic E-state index is 12.7. The van der Waals surface area contributed by atoms with E-state index in [0.29, 0.717) is 35.7 Å². The molecule has 162 valence electrons. The number of aliphatic imine (C=N–C) groups is 2. The molecule has 1 spiro atoms. The SMILES string of the molecule is O=C1Nc2nc(NC3=NCN=C(NC4=CC=C(C(F)(F)F)CC4)N3)ccc2CC12CC2. The number of alkyl halides is 3. The molecule has 5 rings (SSSR count). The third-order valence-corrected chi connectivity index (χ3v) is 5.81. The molecule has 1 aromatic heterocycles. The number of carbonyl (C=O) groups excluding carboxylic acids is 1. The average molecular weight is 431 g/mol. The highest BCUT2D eigenvalue weighted by Gasteiger charge is 2.52. The summed E-state index contributed by atoms with van der Waals surface area (Å²) in [6, 6.07) is 3.76. The molecule has 0 atom stereocenters. The van der Waals surface area contributed by atoms with Crippen molar-refractivity contribution in [1.29, 1.82) is 0 Å². The van der Waals surface area contributed by atoms with Crippen molar-refractivity contribution in [2.45, 2.75) is 38.3 Å². The number of hydrogen-bond acceptors (Lipinski definition) is 7. The normalized spacial score (nSPS) is 21.6. The fourth-order valence-corrected chi connectivity index (χ4v) is 3.81. The van der Waals surface area contributed by atoms with Crippen LogP contribution in [0.2, 0.25) is 0 Å². The van der Waals surface area contributed by atoms with Gasteiger partial charge in [-0.15, -0.1) is 0 Å². The fourth-order valence-electron chi connectivity index (χ4n) is 3.81. The van der Waals surface area contributed by atoms with E-state index in [1.54, 1.807) is 0 Å². The third kappa shape index (κ3) is 3.99. The number of carbonyl (C=O) groups is 1. The van der Waals surface area contributed by atoms with Crippen LogP contribution in [-0.4, -0.2) is 35.7 Å². The van der Waals surface area contributed by atoms with Crippen molar-refractivity contribution in [2.24, 2.45) is 15.4 Å². The van der Waals surface area contributed by atoms with Crippen LogP contribution in [0.5, 0.6) is 0 Å². The topological polar surface area (TPSA) is 103 Å². The number of nitrogens with one attached hydrogen (secondary N) is 4. The number of halogens is 3. The number of hydrogen-bond donors (Lipinski definition) is 4. The van der Waals surface area contributed by atoms with Gasteiger partial charge >= 0.3 is 6.18 Å². The molecule has 1 aromatic rings. The van der Waals surface area contributed by atoms with Crippen LogP contribution in [0.3, 0.4) is 0 Å². The van der Waals surface area contributed by atoms with Crippen LogP contribution in [0, 0.1) is 5.41 Å². The van der Waals surface area contributed by atoms with Gasteiger partial charge in [0.05, 0.1) is 5.41 Å². The molecular weight excluding hydrogens is 411 g/mol. The zero-order valence-corrected chi connectivity index (χ0v) is 16.4. The maximum absolute atomic E-state index is 12.7. The van der Waals surface area contributed by atoms with E-state index in [1.807, 2.05) is 12.1 Å². The van der Waals surface area contributed by atoms with Crippen molar-refractivity contribution in [2.75, 3.05) is 17.3 Å². The smallest absolute Gasteiger partial charge is 0.330 e. The van der Waals surface area contributed by atoms with E-state index in [4.69, 9.17) is 0 Å². The lowest BCUT2D eigenvalue weighted by Crippen LogP contribution is -2.46. The Morgan fingerprint density at radius 2 is 1.77 bits per heavy atom. The van der Waals surface area contributed by atoms with Crippen LogP contribution in [0.4, 0.5) is 24.8 Å². The second-order valence-corrected chi connectivity index (χ2v) is 8.03. The van der Waals surface area contributed by atoms with E-state index in [-0.39, 0.29) is 30.8 Å². The monoisotopic (exact) mass is 431 g/mol. The molecular formula is C20H20F3N7O. The molecule has 0 bridgehead atoms. The van der Waals surface area contributed by atoms with E-state index in [0.717, 1.165) is 24.5 Å². The Balaban J connectivity index is 1.21. The van der Waals surface area contributed by atoms with Crippen molar-refractivity contribution in [3.8, 4) is 0 Å². The molecule has 2 aliphatic heterocycles. The van der Waals surface area contributed by atoms with E-state index < -0.39 is 11.7 Å². The zero-order valence-electron chi connectivity index (χ0n) is 16.4. The summed E-state index contributed by atoms with van der Waals surface area (Å²) < 4.78 is 38.2. The van der Waals surface area contributed by atoms with E-state index in [9.17, 15) is 18.0 Å². The molecule has 0 aromatic carbocycles. The highest BCUT2D eigenvalue weighted by atomic mass is 19.4. The lowest BCUT2D eigenvalue weighted by Gasteiger charge is -2.24. The van der Waals surface area contributed by atoms with Gasteiger partial charge in [-0.3, -0.25) is 10.1 Å². The predicted octanol–water partition coefficient (Wildman–Crippen LogP) is 2.80. The van der Waals surface area contributed by atoms with Crippen LogP contribution in [0.25, 0.3) is 0 Å². The summed E-state index contributed by atoms with van der Waals surface area (Å²) in [5.74, 6) is 1.87. The number of anilines is 2. The van der Waals surface area contributed by atoms with Crippen molar-refractivity contribution >= 4 is 29.5 Å². The minimum Gasteiger partial charge on any atom is -0.330 e. The van der Waals surface area contributed by atoms with Crippen LogP contribution in [0.15, 0.2) is 45.5 Å². The van der Waals surface area contributed by atoms with Gasteiger partial charge in [0, 0.05) is 11.3 Å². The summed E-state index contributed by atoms with van der Waals surface area (Å²) in [6.45, 7) is 0.152. The Morgan fingerprint density at radius 3 is 2.45 bits per heavy atom. The van der Waals surface area contributed by atoms with Crippen molar-refractivity contribution in [1.82, 2.24) is 15.6 Å². The number of nitrogens with zero attached hydrogens (tertiary/aromatic N) is 3. The first-order valence-corrected chi connectivity index (χ1v) is 9.99. The van der Waals surface area contributed by atoms with Gasteiger partial charge in [0.2, 0.25) is 17.8 Å². The third-order valence-electron chi connectivity index (χ3n) is 5.81. The van der Waals surface area contributed by atoms with E-state index in [2.05, 4.69) is 36.2 Å². The molecule has 31 heavy (non-hydrogen) atoms. The molecule has 2 aliphatic carbocycles. The number of rotatable bonds is 2. The van der Waals surface area contributed by atoms with Gasteiger partial charge in [-0.25, -0.2) is 15.0 Å². The molecule has 3 heterocycles. The number of fused-ring (bicyclic) bond motifs is 1. The van der Waals surface area contributed by atoms with Crippen LogP contribution < -0.4 is 21.3 Å². The highest BCUT2D eigenvalue weighted by molar-refractivity contribution is 6.06. The molecule has 11 heteroatoms. The number of pyridine rings is 1. The molecule has 4 aliphatic rings. The fraction of sp³-hybridized carbons (Fsp3) is 0.400. The van der Waals surface area contributed by atoms with Crippen LogP contribution >= 0.6 is 0 Å². The van der Waals surface area contributed by atoms with Gasteiger partial charge in [0.25, 0.3) is 0 Å². The van der Waals surface area contributed by atoms with Crippen molar-refractivity contribution in [3.63, 3.8) is 0 Å². The standard InChI is InChI=1S/C20H20F3N7O/c21-20(22,23)12-2-4-13(5-3-12)26-17-24-10-25-18(30-17)28-14-6-1-11-9-19(7-8-19)16(31)29-15(11)27-14/h1-2,4,6H,3,5,7-10H2,(H4,24,25,26,27,28,29,30,31). The number of allylic oxidation sites excluding steroid dienone is 4. The Bertz CT molecular complexity index is 1070. The second kappa shape index (κ2) is 7.10. The second-order valence-electron chi connectivity index (χ2n) is 8.03. The number of aromatic nitrogens is 1. The molecule has 0 radical (unpaired) electrons. The highest BCUT2D eigenvalue weighted by Crippen LogP contribution is 2.52.